The van der Waals surface area contributed by atoms with E-state index < -0.39 is 0 Å². The molecule has 0 saturated heterocycles. The zero-order valence-corrected chi connectivity index (χ0v) is 15.6. The lowest BCUT2D eigenvalue weighted by atomic mass is 10.0. The van der Waals surface area contributed by atoms with Crippen LogP contribution in [0.1, 0.15) is 39.4 Å². The Morgan fingerprint density at radius 1 is 1.20 bits per heavy atom. The number of phenolic OH excluding ortho intramolecular Hbond substituents is 1. The highest BCUT2D eigenvalue weighted by Gasteiger charge is 2.23. The number of nitrogens with zero attached hydrogens (tertiary/aromatic N) is 2. The van der Waals surface area contributed by atoms with Crippen LogP contribution in [0.2, 0.25) is 0 Å². The van der Waals surface area contributed by atoms with Crippen molar-refractivity contribution in [2.45, 2.75) is 40.7 Å². The van der Waals surface area contributed by atoms with Crippen molar-refractivity contribution in [3.05, 3.63) is 55.4 Å². The number of allylic oxidation sites excluding steroid dienone is 1. The van der Waals surface area contributed by atoms with Crippen LogP contribution in [0, 0.1) is 27.7 Å². The van der Waals surface area contributed by atoms with Crippen LogP contribution in [0.15, 0.2) is 16.9 Å². The molecule has 128 valence electrons. The van der Waals surface area contributed by atoms with Crippen molar-refractivity contribution in [2.75, 3.05) is 0 Å². The first kappa shape index (κ1) is 16.1. The molecule has 4 rings (SSSR count). The van der Waals surface area contributed by atoms with Gasteiger partial charge in [-0.3, -0.25) is 9.36 Å². The summed E-state index contributed by atoms with van der Waals surface area (Å²) >= 11 is 1.59. The molecular weight excluding hydrogens is 332 g/mol. The molecule has 0 bridgehead atoms. The maximum absolute atomic E-state index is 12.9. The molecule has 0 spiro atoms. The number of phenols is 1. The quantitative estimate of drug-likeness (QED) is 0.709. The van der Waals surface area contributed by atoms with Gasteiger partial charge in [0.25, 0.3) is 5.56 Å². The molecule has 1 N–H and O–H groups in total. The van der Waals surface area contributed by atoms with Crippen LogP contribution in [0.5, 0.6) is 5.75 Å². The van der Waals surface area contributed by atoms with Crippen molar-refractivity contribution >= 4 is 33.2 Å². The zero-order valence-electron chi connectivity index (χ0n) is 14.8. The number of hydrogen-bond acceptors (Lipinski definition) is 4. The molecule has 1 aromatic carbocycles. The Labute approximate surface area is 150 Å². The zero-order chi connectivity index (χ0) is 17.9. The van der Waals surface area contributed by atoms with Crippen molar-refractivity contribution in [3.8, 4) is 5.75 Å². The van der Waals surface area contributed by atoms with Crippen LogP contribution in [-0.4, -0.2) is 14.7 Å². The smallest absolute Gasteiger partial charge is 0.262 e. The molecule has 1 aliphatic heterocycles. The number of aryl methyl sites for hydroxylation is 4. The second kappa shape index (κ2) is 5.56. The molecular formula is C20H20N2O2S. The molecule has 0 amide bonds. The predicted octanol–water partition coefficient (Wildman–Crippen LogP) is 4.34. The number of hydrogen-bond donors (Lipinski definition) is 1. The molecule has 3 aromatic rings. The maximum Gasteiger partial charge on any atom is 0.262 e. The van der Waals surface area contributed by atoms with E-state index in [-0.39, 0.29) is 5.56 Å². The molecule has 1 aliphatic rings. The van der Waals surface area contributed by atoms with Crippen LogP contribution in [0.4, 0.5) is 0 Å². The maximum atomic E-state index is 12.9. The summed E-state index contributed by atoms with van der Waals surface area (Å²) in [6.45, 7) is 8.51. The second-order valence-corrected chi connectivity index (χ2v) is 7.98. The van der Waals surface area contributed by atoms with Gasteiger partial charge in [-0.25, -0.2) is 4.98 Å². The third-order valence-electron chi connectivity index (χ3n) is 5.04. The van der Waals surface area contributed by atoms with Crippen molar-refractivity contribution in [3.63, 3.8) is 0 Å². The van der Waals surface area contributed by atoms with Crippen LogP contribution in [0.25, 0.3) is 21.9 Å². The Morgan fingerprint density at radius 3 is 2.56 bits per heavy atom. The van der Waals surface area contributed by atoms with E-state index in [0.29, 0.717) is 12.3 Å². The average molecular weight is 352 g/mol. The van der Waals surface area contributed by atoms with E-state index in [2.05, 4.69) is 6.08 Å². The van der Waals surface area contributed by atoms with Gasteiger partial charge in [0.2, 0.25) is 0 Å². The van der Waals surface area contributed by atoms with Crippen molar-refractivity contribution in [1.82, 2.24) is 9.55 Å². The summed E-state index contributed by atoms with van der Waals surface area (Å²) in [5.74, 6) is 1.12. The minimum Gasteiger partial charge on any atom is -0.507 e. The molecule has 3 heterocycles. The number of fused-ring (bicyclic) bond motifs is 2. The van der Waals surface area contributed by atoms with Gasteiger partial charge in [-0.05, 0) is 80.2 Å². The first-order valence-electron chi connectivity index (χ1n) is 8.38. The summed E-state index contributed by atoms with van der Waals surface area (Å²) in [6, 6.07) is 3.93. The van der Waals surface area contributed by atoms with Gasteiger partial charge in [0.15, 0.2) is 0 Å². The highest BCUT2D eigenvalue weighted by Crippen LogP contribution is 2.33. The van der Waals surface area contributed by atoms with E-state index in [0.717, 1.165) is 55.2 Å². The average Bonchev–Trinajstić information content (AvgIpc) is 3.07. The van der Waals surface area contributed by atoms with E-state index in [9.17, 15) is 9.90 Å². The molecule has 0 saturated carbocycles. The Kier molecular flexibility index (Phi) is 3.58. The van der Waals surface area contributed by atoms with Crippen LogP contribution in [-0.2, 0) is 6.54 Å². The van der Waals surface area contributed by atoms with Crippen LogP contribution < -0.4 is 5.56 Å². The first-order valence-corrected chi connectivity index (χ1v) is 9.20. The number of thiophene rings is 1. The summed E-state index contributed by atoms with van der Waals surface area (Å²) in [4.78, 5) is 19.7. The van der Waals surface area contributed by atoms with E-state index in [1.54, 1.807) is 15.9 Å². The Balaban J connectivity index is 1.90. The lowest BCUT2D eigenvalue weighted by Crippen LogP contribution is -2.20. The summed E-state index contributed by atoms with van der Waals surface area (Å²) in [7, 11) is 0. The highest BCUT2D eigenvalue weighted by molar-refractivity contribution is 7.18. The third-order valence-corrected chi connectivity index (χ3v) is 6.14. The molecule has 0 unspecified atom stereocenters. The molecule has 5 heteroatoms. The number of aromatic nitrogens is 2. The second-order valence-electron chi connectivity index (χ2n) is 6.78. The van der Waals surface area contributed by atoms with E-state index >= 15 is 0 Å². The highest BCUT2D eigenvalue weighted by atomic mass is 32.1. The van der Waals surface area contributed by atoms with E-state index in [1.165, 1.54) is 0 Å². The van der Waals surface area contributed by atoms with Gasteiger partial charge in [-0.2, -0.15) is 0 Å². The first-order chi connectivity index (χ1) is 11.9. The van der Waals surface area contributed by atoms with E-state index in [1.807, 2.05) is 39.8 Å². The largest absolute Gasteiger partial charge is 0.507 e. The summed E-state index contributed by atoms with van der Waals surface area (Å²) in [5, 5.41) is 10.7. The SMILES string of the molecule is Cc1cc(/C=C2\CCn3c2nc2sc(C)c(C)c2c3=O)cc(C)c1O. The Morgan fingerprint density at radius 2 is 1.88 bits per heavy atom. The van der Waals surface area contributed by atoms with Gasteiger partial charge in [0.05, 0.1) is 5.39 Å². The fourth-order valence-corrected chi connectivity index (χ4v) is 4.55. The normalized spacial score (nSPS) is 15.3. The fraction of sp³-hybridized carbons (Fsp3) is 0.300. The topological polar surface area (TPSA) is 55.1 Å². The predicted molar refractivity (Wildman–Crippen MR) is 103 cm³/mol. The lowest BCUT2D eigenvalue weighted by Gasteiger charge is -2.06. The van der Waals surface area contributed by atoms with Crippen molar-refractivity contribution in [2.24, 2.45) is 0 Å². The lowest BCUT2D eigenvalue weighted by molar-refractivity contribution is 0.467. The summed E-state index contributed by atoms with van der Waals surface area (Å²) < 4.78 is 1.80. The van der Waals surface area contributed by atoms with Crippen molar-refractivity contribution in [1.29, 1.82) is 0 Å². The molecule has 0 atom stereocenters. The van der Waals surface area contributed by atoms with Crippen LogP contribution in [0.3, 0.4) is 0 Å². The number of rotatable bonds is 1. The Hall–Kier alpha value is -2.40. The van der Waals surface area contributed by atoms with Gasteiger partial charge in [-0.15, -0.1) is 11.3 Å². The van der Waals surface area contributed by atoms with Gasteiger partial charge in [0, 0.05) is 11.4 Å². The minimum absolute atomic E-state index is 0.0725. The molecule has 0 radical (unpaired) electrons. The summed E-state index contributed by atoms with van der Waals surface area (Å²) in [5.41, 5.74) is 4.94. The fourth-order valence-electron chi connectivity index (χ4n) is 3.53. The van der Waals surface area contributed by atoms with Gasteiger partial charge >= 0.3 is 0 Å². The molecule has 25 heavy (non-hydrogen) atoms. The van der Waals surface area contributed by atoms with Gasteiger partial charge in [0.1, 0.15) is 16.4 Å². The molecule has 2 aromatic heterocycles. The van der Waals surface area contributed by atoms with Gasteiger partial charge < -0.3 is 5.11 Å². The third kappa shape index (κ3) is 2.42. The molecule has 0 fully saturated rings. The number of aromatic hydroxyl groups is 1. The van der Waals surface area contributed by atoms with Crippen molar-refractivity contribution < 1.29 is 5.11 Å². The molecule has 4 nitrogen and oxygen atoms in total. The Bertz CT molecular complexity index is 1100. The minimum atomic E-state index is 0.0725. The molecule has 0 aliphatic carbocycles. The van der Waals surface area contributed by atoms with E-state index in [4.69, 9.17) is 4.98 Å². The number of benzene rings is 1. The van der Waals surface area contributed by atoms with Crippen LogP contribution >= 0.6 is 11.3 Å². The van der Waals surface area contributed by atoms with Gasteiger partial charge in [-0.1, -0.05) is 0 Å². The monoisotopic (exact) mass is 352 g/mol. The summed E-state index contributed by atoms with van der Waals surface area (Å²) in [6.07, 6.45) is 2.89. The standard InChI is InChI=1S/C20H20N2O2S/c1-10-7-14(8-11(2)17(10)23)9-15-5-6-22-18(15)21-19-16(20(22)24)12(3)13(4)25-19/h7-9,23H,5-6H2,1-4H3/b15-9+.